The Kier molecular flexibility index (Phi) is 7.55. The molecule has 1 heterocycles. The lowest BCUT2D eigenvalue weighted by Gasteiger charge is -2.19. The molecule has 8 nitrogen and oxygen atoms in total. The molecule has 2 N–H and O–H groups in total. The largest absolute Gasteiger partial charge is 0.462 e. The summed E-state index contributed by atoms with van der Waals surface area (Å²) in [6, 6.07) is 24.0. The van der Waals surface area contributed by atoms with Crippen molar-refractivity contribution in [2.24, 2.45) is 0 Å². The highest BCUT2D eigenvalue weighted by molar-refractivity contribution is 6.01. The molecule has 36 heavy (non-hydrogen) atoms. The third-order valence-electron chi connectivity index (χ3n) is 5.59. The van der Waals surface area contributed by atoms with E-state index in [9.17, 15) is 14.4 Å². The number of carbonyl (C=O) groups is 3. The van der Waals surface area contributed by atoms with E-state index < -0.39 is 17.9 Å². The molecule has 8 heteroatoms. The van der Waals surface area contributed by atoms with Crippen molar-refractivity contribution in [3.63, 3.8) is 0 Å². The lowest BCUT2D eigenvalue weighted by molar-refractivity contribution is -0.118. The molecule has 3 aromatic carbocycles. The Labute approximate surface area is 208 Å². The highest BCUT2D eigenvalue weighted by Gasteiger charge is 2.24. The number of amides is 2. The average Bonchev–Trinajstić information content (AvgIpc) is 3.29. The van der Waals surface area contributed by atoms with Crippen LogP contribution in [0, 0.1) is 6.92 Å². The number of anilines is 1. The molecule has 1 aromatic heterocycles. The average molecular weight is 483 g/mol. The second-order valence-electron chi connectivity index (χ2n) is 8.00. The highest BCUT2D eigenvalue weighted by atomic mass is 16.5. The van der Waals surface area contributed by atoms with Gasteiger partial charge >= 0.3 is 5.97 Å². The zero-order chi connectivity index (χ0) is 25.5. The molecule has 0 saturated heterocycles. The summed E-state index contributed by atoms with van der Waals surface area (Å²) in [7, 11) is 0. The van der Waals surface area contributed by atoms with E-state index in [4.69, 9.17) is 4.74 Å². The maximum absolute atomic E-state index is 13.1. The van der Waals surface area contributed by atoms with Gasteiger partial charge in [-0.3, -0.25) is 9.59 Å². The quantitative estimate of drug-likeness (QED) is 0.361. The van der Waals surface area contributed by atoms with Crippen molar-refractivity contribution in [1.29, 1.82) is 0 Å². The number of aromatic nitrogens is 2. The van der Waals surface area contributed by atoms with Crippen LogP contribution in [0.4, 0.5) is 5.69 Å². The number of nitrogens with zero attached hydrogens (tertiary/aromatic N) is 2. The molecule has 0 aliphatic carbocycles. The van der Waals surface area contributed by atoms with Crippen molar-refractivity contribution in [1.82, 2.24) is 15.1 Å². The fourth-order valence-corrected chi connectivity index (χ4v) is 3.73. The fourth-order valence-electron chi connectivity index (χ4n) is 3.73. The zero-order valence-electron chi connectivity index (χ0n) is 20.0. The van der Waals surface area contributed by atoms with Crippen LogP contribution >= 0.6 is 0 Å². The smallest absolute Gasteiger partial charge is 0.341 e. The summed E-state index contributed by atoms with van der Waals surface area (Å²) in [5, 5.41) is 9.97. The van der Waals surface area contributed by atoms with Gasteiger partial charge in [0, 0.05) is 11.3 Å². The first kappa shape index (κ1) is 24.4. The van der Waals surface area contributed by atoms with Gasteiger partial charge in [-0.1, -0.05) is 48.5 Å². The van der Waals surface area contributed by atoms with Gasteiger partial charge in [0.15, 0.2) is 0 Å². The van der Waals surface area contributed by atoms with Gasteiger partial charge < -0.3 is 15.4 Å². The van der Waals surface area contributed by atoms with E-state index in [0.29, 0.717) is 33.8 Å². The van der Waals surface area contributed by atoms with Gasteiger partial charge in [-0.15, -0.1) is 0 Å². The molecule has 0 radical (unpaired) electrons. The Morgan fingerprint density at radius 1 is 0.917 bits per heavy atom. The van der Waals surface area contributed by atoms with Crippen LogP contribution < -0.4 is 10.6 Å². The minimum Gasteiger partial charge on any atom is -0.462 e. The van der Waals surface area contributed by atoms with Crippen molar-refractivity contribution >= 4 is 23.5 Å². The van der Waals surface area contributed by atoms with Gasteiger partial charge in [0.25, 0.3) is 11.8 Å². The van der Waals surface area contributed by atoms with Crippen LogP contribution in [0.3, 0.4) is 0 Å². The number of nitrogens with one attached hydrogen (secondary N) is 2. The number of rotatable bonds is 8. The van der Waals surface area contributed by atoms with Gasteiger partial charge in [-0.25, -0.2) is 9.48 Å². The molecule has 0 bridgehead atoms. The van der Waals surface area contributed by atoms with Gasteiger partial charge in [0.05, 0.1) is 24.2 Å². The van der Waals surface area contributed by atoms with E-state index in [1.54, 1.807) is 67.1 Å². The molecular weight excluding hydrogens is 456 g/mol. The first-order valence-electron chi connectivity index (χ1n) is 11.5. The number of ether oxygens (including phenoxy) is 1. The molecule has 0 aliphatic heterocycles. The third kappa shape index (κ3) is 5.50. The lowest BCUT2D eigenvalue weighted by atomic mass is 10.0. The molecule has 0 fully saturated rings. The zero-order valence-corrected chi connectivity index (χ0v) is 20.0. The topological polar surface area (TPSA) is 102 Å². The van der Waals surface area contributed by atoms with Crippen molar-refractivity contribution in [2.45, 2.75) is 19.9 Å². The highest BCUT2D eigenvalue weighted by Crippen LogP contribution is 2.19. The summed E-state index contributed by atoms with van der Waals surface area (Å²) < 4.78 is 6.67. The SMILES string of the molecule is CCOC(=O)c1cnn(-c2ccc(C(=O)NC(C(=O)Nc3ccccc3)c3ccccc3)cc2)c1C. The second kappa shape index (κ2) is 11.1. The summed E-state index contributed by atoms with van der Waals surface area (Å²) in [4.78, 5) is 38.3. The van der Waals surface area contributed by atoms with Crippen molar-refractivity contribution in [3.05, 3.63) is 114 Å². The van der Waals surface area contributed by atoms with Crippen LogP contribution in [0.1, 0.15) is 44.9 Å². The molecule has 2 amide bonds. The van der Waals surface area contributed by atoms with Crippen LogP contribution in [-0.4, -0.2) is 34.2 Å². The van der Waals surface area contributed by atoms with Crippen molar-refractivity contribution < 1.29 is 19.1 Å². The van der Waals surface area contributed by atoms with Crippen molar-refractivity contribution in [3.8, 4) is 5.69 Å². The normalized spacial score (nSPS) is 11.4. The molecule has 0 spiro atoms. The Bertz CT molecular complexity index is 1350. The van der Waals surface area contributed by atoms with E-state index in [2.05, 4.69) is 15.7 Å². The van der Waals surface area contributed by atoms with E-state index in [0.717, 1.165) is 0 Å². The Morgan fingerprint density at radius 3 is 2.19 bits per heavy atom. The van der Waals surface area contributed by atoms with Gasteiger partial charge in [-0.2, -0.15) is 5.10 Å². The van der Waals surface area contributed by atoms with Crippen LogP contribution in [-0.2, 0) is 9.53 Å². The lowest BCUT2D eigenvalue weighted by Crippen LogP contribution is -2.37. The maximum Gasteiger partial charge on any atom is 0.341 e. The Hall–Kier alpha value is -4.72. The predicted octanol–water partition coefficient (Wildman–Crippen LogP) is 4.47. The molecule has 0 aliphatic rings. The van der Waals surface area contributed by atoms with Gasteiger partial charge in [0.2, 0.25) is 0 Å². The van der Waals surface area contributed by atoms with Gasteiger partial charge in [-0.05, 0) is 55.8 Å². The molecular formula is C28H26N4O4. The number of carbonyl (C=O) groups excluding carboxylic acids is 3. The number of hydrogen-bond acceptors (Lipinski definition) is 5. The summed E-state index contributed by atoms with van der Waals surface area (Å²) in [6.45, 7) is 3.80. The summed E-state index contributed by atoms with van der Waals surface area (Å²) in [6.07, 6.45) is 1.46. The Morgan fingerprint density at radius 2 is 1.56 bits per heavy atom. The fraction of sp³-hybridized carbons (Fsp3) is 0.143. The molecule has 4 rings (SSSR count). The second-order valence-corrected chi connectivity index (χ2v) is 8.00. The standard InChI is InChI=1S/C28H26N4O4/c1-3-36-28(35)24-18-29-32(19(24)2)23-16-14-21(15-17-23)26(33)31-25(20-10-6-4-7-11-20)27(34)30-22-12-8-5-9-13-22/h4-18,25H,3H2,1-2H3,(H,30,34)(H,31,33). The van der Waals surface area contributed by atoms with E-state index >= 15 is 0 Å². The molecule has 182 valence electrons. The van der Waals surface area contributed by atoms with E-state index in [-0.39, 0.29) is 12.5 Å². The number of para-hydroxylation sites is 1. The molecule has 0 saturated carbocycles. The number of esters is 1. The van der Waals surface area contributed by atoms with Crippen LogP contribution in [0.25, 0.3) is 5.69 Å². The summed E-state index contributed by atoms with van der Waals surface area (Å²) in [5.74, 6) is -1.18. The van der Waals surface area contributed by atoms with Crippen LogP contribution in [0.5, 0.6) is 0 Å². The predicted molar refractivity (Wildman–Crippen MR) is 136 cm³/mol. The molecule has 4 aromatic rings. The minimum atomic E-state index is -0.890. The van der Waals surface area contributed by atoms with E-state index in [1.807, 2.05) is 36.4 Å². The third-order valence-corrected chi connectivity index (χ3v) is 5.59. The maximum atomic E-state index is 13.1. The Balaban J connectivity index is 1.52. The summed E-state index contributed by atoms with van der Waals surface area (Å²) >= 11 is 0. The minimum absolute atomic E-state index is 0.278. The van der Waals surface area contributed by atoms with Gasteiger partial charge in [0.1, 0.15) is 11.6 Å². The van der Waals surface area contributed by atoms with E-state index in [1.165, 1.54) is 6.20 Å². The molecule has 1 unspecified atom stereocenters. The van der Waals surface area contributed by atoms with Crippen LogP contribution in [0.2, 0.25) is 0 Å². The monoisotopic (exact) mass is 482 g/mol. The summed E-state index contributed by atoms with van der Waals surface area (Å²) in [5.41, 5.74) is 3.37. The van der Waals surface area contributed by atoms with Crippen molar-refractivity contribution in [2.75, 3.05) is 11.9 Å². The molecule has 1 atom stereocenters. The first-order valence-corrected chi connectivity index (χ1v) is 11.5. The number of hydrogen-bond donors (Lipinski definition) is 2. The number of benzene rings is 3. The van der Waals surface area contributed by atoms with Crippen LogP contribution in [0.15, 0.2) is 91.1 Å². The first-order chi connectivity index (χ1) is 17.5.